The van der Waals surface area contributed by atoms with Crippen LogP contribution in [0.15, 0.2) is 0 Å². The molecule has 2 unspecified atom stereocenters. The minimum absolute atomic E-state index is 0.726. The fourth-order valence-electron chi connectivity index (χ4n) is 2.08. The lowest BCUT2D eigenvalue weighted by molar-refractivity contribution is 0.171. The molecule has 0 amide bonds. The predicted molar refractivity (Wildman–Crippen MR) is 58.0 cm³/mol. The van der Waals surface area contributed by atoms with Gasteiger partial charge in [0.25, 0.3) is 0 Å². The highest BCUT2D eigenvalue weighted by Gasteiger charge is 2.20. The van der Waals surface area contributed by atoms with Crippen molar-refractivity contribution in [3.05, 3.63) is 0 Å². The van der Waals surface area contributed by atoms with Crippen molar-refractivity contribution < 1.29 is 0 Å². The van der Waals surface area contributed by atoms with Crippen LogP contribution in [0.2, 0.25) is 0 Å². The van der Waals surface area contributed by atoms with E-state index >= 15 is 0 Å². The maximum atomic E-state index is 3.54. The van der Waals surface area contributed by atoms with Gasteiger partial charge in [0.05, 0.1) is 0 Å². The lowest BCUT2D eigenvalue weighted by atomic mass is 10.0. The van der Waals surface area contributed by atoms with E-state index in [0.29, 0.717) is 0 Å². The molecule has 2 nitrogen and oxygen atoms in total. The summed E-state index contributed by atoms with van der Waals surface area (Å²) in [6, 6.07) is 1.49. The Kier molecular flexibility index (Phi) is 4.20. The second-order valence-electron chi connectivity index (χ2n) is 4.87. The lowest BCUT2D eigenvalue weighted by Crippen LogP contribution is -2.48. The van der Waals surface area contributed by atoms with Gasteiger partial charge in [-0.3, -0.25) is 0 Å². The summed E-state index contributed by atoms with van der Waals surface area (Å²) < 4.78 is 0. The third-order valence-electron chi connectivity index (χ3n) is 2.91. The molecule has 0 aromatic carbocycles. The van der Waals surface area contributed by atoms with Gasteiger partial charge in [-0.15, -0.1) is 0 Å². The van der Waals surface area contributed by atoms with E-state index in [1.807, 2.05) is 0 Å². The van der Waals surface area contributed by atoms with Gasteiger partial charge in [0.2, 0.25) is 0 Å². The van der Waals surface area contributed by atoms with Crippen LogP contribution in [-0.4, -0.2) is 37.1 Å². The van der Waals surface area contributed by atoms with Crippen molar-refractivity contribution in [2.75, 3.05) is 20.1 Å². The molecule has 2 atom stereocenters. The van der Waals surface area contributed by atoms with Crippen LogP contribution in [0.5, 0.6) is 0 Å². The summed E-state index contributed by atoms with van der Waals surface area (Å²) in [5.74, 6) is 0.782. The normalized spacial score (nSPS) is 30.0. The van der Waals surface area contributed by atoms with E-state index in [1.165, 1.54) is 25.9 Å². The van der Waals surface area contributed by atoms with E-state index in [9.17, 15) is 0 Å². The number of nitrogens with one attached hydrogen (secondary N) is 1. The molecule has 0 bridgehead atoms. The zero-order chi connectivity index (χ0) is 9.84. The fourth-order valence-corrected chi connectivity index (χ4v) is 2.08. The SMILES string of the molecule is CC(C)CN(C)C1CCC(C)NC1. The van der Waals surface area contributed by atoms with E-state index in [2.05, 4.69) is 38.0 Å². The molecule has 2 heteroatoms. The molecule has 0 aromatic rings. The van der Waals surface area contributed by atoms with E-state index in [0.717, 1.165) is 18.0 Å². The maximum Gasteiger partial charge on any atom is 0.0218 e. The monoisotopic (exact) mass is 184 g/mol. The van der Waals surface area contributed by atoms with E-state index < -0.39 is 0 Å². The highest BCUT2D eigenvalue weighted by atomic mass is 15.2. The predicted octanol–water partition coefficient (Wildman–Crippen LogP) is 1.71. The molecular weight excluding hydrogens is 160 g/mol. The molecule has 13 heavy (non-hydrogen) atoms. The third kappa shape index (κ3) is 3.65. The summed E-state index contributed by atoms with van der Waals surface area (Å²) in [6.07, 6.45) is 2.69. The van der Waals surface area contributed by atoms with Gasteiger partial charge in [0, 0.05) is 25.2 Å². The highest BCUT2D eigenvalue weighted by Crippen LogP contribution is 2.13. The first-order valence-corrected chi connectivity index (χ1v) is 5.53. The highest BCUT2D eigenvalue weighted by molar-refractivity contribution is 4.80. The second-order valence-corrected chi connectivity index (χ2v) is 4.87. The van der Waals surface area contributed by atoms with Crippen LogP contribution in [-0.2, 0) is 0 Å². The molecule has 0 radical (unpaired) electrons. The van der Waals surface area contributed by atoms with E-state index in [1.54, 1.807) is 0 Å². The topological polar surface area (TPSA) is 15.3 Å². The lowest BCUT2D eigenvalue weighted by Gasteiger charge is -2.35. The van der Waals surface area contributed by atoms with Crippen LogP contribution in [0.1, 0.15) is 33.6 Å². The Labute approximate surface area is 82.7 Å². The summed E-state index contributed by atoms with van der Waals surface area (Å²) in [6.45, 7) is 9.24. The number of nitrogens with zero attached hydrogens (tertiary/aromatic N) is 1. The second kappa shape index (κ2) is 4.97. The van der Waals surface area contributed by atoms with Crippen molar-refractivity contribution >= 4 is 0 Å². The van der Waals surface area contributed by atoms with Gasteiger partial charge in [-0.2, -0.15) is 0 Å². The summed E-state index contributed by atoms with van der Waals surface area (Å²) in [5, 5.41) is 3.54. The van der Waals surface area contributed by atoms with Crippen molar-refractivity contribution in [3.8, 4) is 0 Å². The van der Waals surface area contributed by atoms with Crippen molar-refractivity contribution in [2.45, 2.75) is 45.7 Å². The van der Waals surface area contributed by atoms with Crippen LogP contribution >= 0.6 is 0 Å². The molecule has 1 aliphatic heterocycles. The number of hydrogen-bond acceptors (Lipinski definition) is 2. The molecule has 1 saturated heterocycles. The van der Waals surface area contributed by atoms with Crippen LogP contribution in [0.25, 0.3) is 0 Å². The van der Waals surface area contributed by atoms with Gasteiger partial charge in [-0.25, -0.2) is 0 Å². The molecule has 0 aromatic heterocycles. The zero-order valence-electron chi connectivity index (χ0n) is 9.51. The zero-order valence-corrected chi connectivity index (χ0v) is 9.51. The van der Waals surface area contributed by atoms with Gasteiger partial charge in [-0.1, -0.05) is 13.8 Å². The number of rotatable bonds is 3. The largest absolute Gasteiger partial charge is 0.313 e. The van der Waals surface area contributed by atoms with Crippen molar-refractivity contribution in [1.29, 1.82) is 0 Å². The summed E-state index contributed by atoms with van der Waals surface area (Å²) in [4.78, 5) is 2.50. The first-order chi connectivity index (χ1) is 6.09. The Morgan fingerprint density at radius 2 is 2.08 bits per heavy atom. The first kappa shape index (κ1) is 11.0. The molecule has 0 saturated carbocycles. The Morgan fingerprint density at radius 1 is 1.38 bits per heavy atom. The summed E-state index contributed by atoms with van der Waals surface area (Å²) in [7, 11) is 2.25. The van der Waals surface area contributed by atoms with E-state index in [4.69, 9.17) is 0 Å². The van der Waals surface area contributed by atoms with Crippen LogP contribution in [0, 0.1) is 5.92 Å². The van der Waals surface area contributed by atoms with Crippen LogP contribution < -0.4 is 5.32 Å². The molecular formula is C11H24N2. The summed E-state index contributed by atoms with van der Waals surface area (Å²) in [5.41, 5.74) is 0. The number of hydrogen-bond donors (Lipinski definition) is 1. The van der Waals surface area contributed by atoms with Gasteiger partial charge >= 0.3 is 0 Å². The van der Waals surface area contributed by atoms with Gasteiger partial charge in [0.15, 0.2) is 0 Å². The quantitative estimate of drug-likeness (QED) is 0.718. The van der Waals surface area contributed by atoms with Crippen molar-refractivity contribution in [1.82, 2.24) is 10.2 Å². The van der Waals surface area contributed by atoms with Crippen molar-refractivity contribution in [2.24, 2.45) is 5.92 Å². The van der Waals surface area contributed by atoms with Gasteiger partial charge < -0.3 is 10.2 Å². The number of likely N-dealkylation sites (N-methyl/N-ethyl adjacent to an activating group) is 1. The average molecular weight is 184 g/mol. The minimum atomic E-state index is 0.726. The smallest absolute Gasteiger partial charge is 0.0218 e. The van der Waals surface area contributed by atoms with Crippen molar-refractivity contribution in [3.63, 3.8) is 0 Å². The van der Waals surface area contributed by atoms with Crippen LogP contribution in [0.3, 0.4) is 0 Å². The first-order valence-electron chi connectivity index (χ1n) is 5.53. The molecule has 1 N–H and O–H groups in total. The fraction of sp³-hybridized carbons (Fsp3) is 1.00. The Morgan fingerprint density at radius 3 is 2.54 bits per heavy atom. The number of piperidine rings is 1. The molecule has 1 rings (SSSR count). The Balaban J connectivity index is 2.27. The Bertz CT molecular complexity index is 137. The van der Waals surface area contributed by atoms with Gasteiger partial charge in [-0.05, 0) is 32.7 Å². The molecule has 1 fully saturated rings. The molecule has 0 aliphatic carbocycles. The maximum absolute atomic E-state index is 3.54. The van der Waals surface area contributed by atoms with Gasteiger partial charge in [0.1, 0.15) is 0 Å². The average Bonchev–Trinajstić information content (AvgIpc) is 2.04. The minimum Gasteiger partial charge on any atom is -0.313 e. The van der Waals surface area contributed by atoms with E-state index in [-0.39, 0.29) is 0 Å². The van der Waals surface area contributed by atoms with Crippen LogP contribution in [0.4, 0.5) is 0 Å². The Hall–Kier alpha value is -0.0800. The molecule has 1 aliphatic rings. The molecule has 1 heterocycles. The standard InChI is InChI=1S/C11H24N2/c1-9(2)8-13(4)11-6-5-10(3)12-7-11/h9-12H,5-8H2,1-4H3. The third-order valence-corrected chi connectivity index (χ3v) is 2.91. The molecule has 78 valence electrons. The summed E-state index contributed by atoms with van der Waals surface area (Å²) >= 11 is 0. The molecule has 0 spiro atoms.